The van der Waals surface area contributed by atoms with Crippen LogP contribution in [0, 0.1) is 6.92 Å². The molecule has 1 amide bonds. The van der Waals surface area contributed by atoms with Crippen LogP contribution in [0.4, 0.5) is 0 Å². The SMILES string of the molecule is CCn1c(=NC(=O)c2ccc3ccc(C)nc3c2)sc2cccc(OC)c21. The molecule has 136 valence electrons. The molecule has 27 heavy (non-hydrogen) atoms. The Hall–Kier alpha value is -2.99. The lowest BCUT2D eigenvalue weighted by Crippen LogP contribution is -2.16. The van der Waals surface area contributed by atoms with Gasteiger partial charge in [0.05, 0.1) is 17.3 Å². The van der Waals surface area contributed by atoms with E-state index in [0.29, 0.717) is 16.9 Å². The number of nitrogens with zero attached hydrogens (tertiary/aromatic N) is 3. The van der Waals surface area contributed by atoms with Crippen molar-refractivity contribution in [1.29, 1.82) is 0 Å². The van der Waals surface area contributed by atoms with Gasteiger partial charge in [0.2, 0.25) is 0 Å². The van der Waals surface area contributed by atoms with E-state index in [4.69, 9.17) is 4.74 Å². The Bertz CT molecular complexity index is 1240. The summed E-state index contributed by atoms with van der Waals surface area (Å²) in [5, 5.41) is 1.01. The van der Waals surface area contributed by atoms with E-state index in [9.17, 15) is 4.79 Å². The second kappa shape index (κ2) is 6.96. The number of hydrogen-bond acceptors (Lipinski definition) is 4. The number of pyridine rings is 1. The van der Waals surface area contributed by atoms with Crippen LogP contribution >= 0.6 is 11.3 Å². The molecule has 0 aliphatic carbocycles. The summed E-state index contributed by atoms with van der Waals surface area (Å²) in [5.41, 5.74) is 3.23. The fourth-order valence-electron chi connectivity index (χ4n) is 3.14. The van der Waals surface area contributed by atoms with Gasteiger partial charge in [0.15, 0.2) is 4.80 Å². The molecular formula is C21H19N3O2S. The van der Waals surface area contributed by atoms with Crippen LogP contribution in [0.1, 0.15) is 23.0 Å². The number of aryl methyl sites for hydroxylation is 2. The van der Waals surface area contributed by atoms with Gasteiger partial charge in [0.1, 0.15) is 11.3 Å². The number of rotatable bonds is 3. The summed E-state index contributed by atoms with van der Waals surface area (Å²) in [4.78, 5) is 22.4. The summed E-state index contributed by atoms with van der Waals surface area (Å²) in [6.07, 6.45) is 0. The topological polar surface area (TPSA) is 56.5 Å². The van der Waals surface area contributed by atoms with Crippen molar-refractivity contribution in [3.05, 3.63) is 64.6 Å². The molecule has 0 fully saturated rings. The van der Waals surface area contributed by atoms with Crippen LogP contribution in [-0.2, 0) is 6.54 Å². The fraction of sp³-hybridized carbons (Fsp3) is 0.190. The molecular weight excluding hydrogens is 358 g/mol. The Labute approximate surface area is 160 Å². The van der Waals surface area contributed by atoms with E-state index in [1.807, 2.05) is 54.8 Å². The Morgan fingerprint density at radius 3 is 2.81 bits per heavy atom. The number of benzene rings is 2. The summed E-state index contributed by atoms with van der Waals surface area (Å²) in [6, 6.07) is 15.4. The Balaban J connectivity index is 1.85. The number of para-hydroxylation sites is 1. The third kappa shape index (κ3) is 3.13. The van der Waals surface area contributed by atoms with Crippen molar-refractivity contribution < 1.29 is 9.53 Å². The second-order valence-corrected chi connectivity index (χ2v) is 7.22. The predicted octanol–water partition coefficient (Wildman–Crippen LogP) is 4.33. The van der Waals surface area contributed by atoms with Crippen LogP contribution in [0.2, 0.25) is 0 Å². The van der Waals surface area contributed by atoms with Gasteiger partial charge < -0.3 is 9.30 Å². The van der Waals surface area contributed by atoms with E-state index in [0.717, 1.165) is 32.6 Å². The number of thiazole rings is 1. The van der Waals surface area contributed by atoms with Crippen LogP contribution < -0.4 is 9.54 Å². The first-order valence-corrected chi connectivity index (χ1v) is 9.55. The first kappa shape index (κ1) is 17.4. The van der Waals surface area contributed by atoms with Gasteiger partial charge in [0.25, 0.3) is 5.91 Å². The van der Waals surface area contributed by atoms with Gasteiger partial charge in [-0.3, -0.25) is 9.78 Å². The summed E-state index contributed by atoms with van der Waals surface area (Å²) in [5.74, 6) is 0.512. The predicted molar refractivity (Wildman–Crippen MR) is 108 cm³/mol. The molecule has 0 aliphatic heterocycles. The molecule has 0 unspecified atom stereocenters. The third-order valence-electron chi connectivity index (χ3n) is 4.48. The molecule has 2 heterocycles. The van der Waals surface area contributed by atoms with Gasteiger partial charge in [-0.25, -0.2) is 0 Å². The minimum Gasteiger partial charge on any atom is -0.495 e. The van der Waals surface area contributed by atoms with E-state index in [1.54, 1.807) is 19.2 Å². The molecule has 0 atom stereocenters. The summed E-state index contributed by atoms with van der Waals surface area (Å²) in [7, 11) is 1.65. The third-order valence-corrected chi connectivity index (χ3v) is 5.52. The standard InChI is InChI=1S/C21H19N3O2S/c1-4-24-19-17(26-3)6-5-7-18(19)27-21(24)23-20(25)15-11-10-14-9-8-13(2)22-16(14)12-15/h5-12H,4H2,1-3H3. The first-order chi connectivity index (χ1) is 13.1. The fourth-order valence-corrected chi connectivity index (χ4v) is 4.25. The maximum Gasteiger partial charge on any atom is 0.279 e. The highest BCUT2D eigenvalue weighted by Crippen LogP contribution is 2.27. The van der Waals surface area contributed by atoms with Crippen LogP contribution in [0.15, 0.2) is 53.5 Å². The number of ether oxygens (including phenoxy) is 1. The molecule has 2 aromatic carbocycles. The number of carbonyl (C=O) groups excluding carboxylic acids is 1. The van der Waals surface area contributed by atoms with Gasteiger partial charge in [-0.15, -0.1) is 0 Å². The van der Waals surface area contributed by atoms with E-state index in [1.165, 1.54) is 11.3 Å². The average molecular weight is 377 g/mol. The van der Waals surface area contributed by atoms with Crippen LogP contribution in [0.3, 0.4) is 0 Å². The summed E-state index contributed by atoms with van der Waals surface area (Å²) < 4.78 is 8.54. The lowest BCUT2D eigenvalue weighted by molar-refractivity contribution is 0.0998. The summed E-state index contributed by atoms with van der Waals surface area (Å²) >= 11 is 1.49. The zero-order valence-corrected chi connectivity index (χ0v) is 16.2. The molecule has 4 rings (SSSR count). The smallest absolute Gasteiger partial charge is 0.279 e. The lowest BCUT2D eigenvalue weighted by Gasteiger charge is -2.05. The van der Waals surface area contributed by atoms with E-state index < -0.39 is 0 Å². The molecule has 0 spiro atoms. The quantitative estimate of drug-likeness (QED) is 0.534. The van der Waals surface area contributed by atoms with Crippen molar-refractivity contribution in [2.45, 2.75) is 20.4 Å². The van der Waals surface area contributed by atoms with Gasteiger partial charge in [-0.2, -0.15) is 4.99 Å². The average Bonchev–Trinajstić information content (AvgIpc) is 3.04. The molecule has 0 saturated heterocycles. The normalized spacial score (nSPS) is 12.0. The van der Waals surface area contributed by atoms with Crippen molar-refractivity contribution in [2.24, 2.45) is 4.99 Å². The minimum absolute atomic E-state index is 0.270. The minimum atomic E-state index is -0.270. The van der Waals surface area contributed by atoms with E-state index >= 15 is 0 Å². The van der Waals surface area contributed by atoms with Crippen LogP contribution in [0.25, 0.3) is 21.1 Å². The van der Waals surface area contributed by atoms with Crippen LogP contribution in [-0.4, -0.2) is 22.6 Å². The van der Waals surface area contributed by atoms with Crippen molar-refractivity contribution in [2.75, 3.05) is 7.11 Å². The Morgan fingerprint density at radius 2 is 2.04 bits per heavy atom. The maximum atomic E-state index is 12.8. The largest absolute Gasteiger partial charge is 0.495 e. The van der Waals surface area contributed by atoms with Crippen molar-refractivity contribution in [3.63, 3.8) is 0 Å². The second-order valence-electron chi connectivity index (χ2n) is 6.21. The van der Waals surface area contributed by atoms with Gasteiger partial charge in [-0.05, 0) is 44.2 Å². The molecule has 0 N–H and O–H groups in total. The lowest BCUT2D eigenvalue weighted by atomic mass is 10.1. The number of methoxy groups -OCH3 is 1. The maximum absolute atomic E-state index is 12.8. The van der Waals surface area contributed by atoms with E-state index in [-0.39, 0.29) is 5.91 Å². The number of carbonyl (C=O) groups is 1. The molecule has 4 aromatic rings. The monoisotopic (exact) mass is 377 g/mol. The molecule has 0 saturated carbocycles. The first-order valence-electron chi connectivity index (χ1n) is 8.73. The molecule has 0 radical (unpaired) electrons. The molecule has 6 heteroatoms. The molecule has 2 aromatic heterocycles. The van der Waals surface area contributed by atoms with Gasteiger partial charge in [-0.1, -0.05) is 29.5 Å². The number of amides is 1. The Kier molecular flexibility index (Phi) is 4.49. The molecule has 5 nitrogen and oxygen atoms in total. The number of hydrogen-bond donors (Lipinski definition) is 0. The van der Waals surface area contributed by atoms with Crippen molar-refractivity contribution >= 4 is 38.4 Å². The zero-order valence-electron chi connectivity index (χ0n) is 15.4. The highest BCUT2D eigenvalue weighted by atomic mass is 32.1. The van der Waals surface area contributed by atoms with Crippen LogP contribution in [0.5, 0.6) is 5.75 Å². The van der Waals surface area contributed by atoms with Gasteiger partial charge >= 0.3 is 0 Å². The highest BCUT2D eigenvalue weighted by molar-refractivity contribution is 7.16. The number of aromatic nitrogens is 2. The number of fused-ring (bicyclic) bond motifs is 2. The zero-order chi connectivity index (χ0) is 19.0. The Morgan fingerprint density at radius 1 is 1.22 bits per heavy atom. The molecule has 0 aliphatic rings. The molecule has 0 bridgehead atoms. The van der Waals surface area contributed by atoms with Gasteiger partial charge in [0, 0.05) is 23.2 Å². The van der Waals surface area contributed by atoms with E-state index in [2.05, 4.69) is 9.98 Å². The summed E-state index contributed by atoms with van der Waals surface area (Å²) in [6.45, 7) is 4.67. The highest BCUT2D eigenvalue weighted by Gasteiger charge is 2.12. The van der Waals surface area contributed by atoms with Crippen molar-refractivity contribution in [1.82, 2.24) is 9.55 Å². The van der Waals surface area contributed by atoms with Crippen molar-refractivity contribution in [3.8, 4) is 5.75 Å².